The van der Waals surface area contributed by atoms with Crippen LogP contribution in [0.4, 0.5) is 0 Å². The lowest BCUT2D eigenvalue weighted by Gasteiger charge is -2.36. The van der Waals surface area contributed by atoms with Crippen LogP contribution in [0.15, 0.2) is 39.7 Å². The maximum Gasteiger partial charge on any atom is 0.191 e. The summed E-state index contributed by atoms with van der Waals surface area (Å²) in [6, 6.07) is 10.2. The Labute approximate surface area is 154 Å². The molecule has 0 spiro atoms. The molecule has 0 aliphatic carbocycles. The van der Waals surface area contributed by atoms with E-state index in [-0.39, 0.29) is 11.6 Å². The van der Waals surface area contributed by atoms with E-state index in [9.17, 15) is 0 Å². The van der Waals surface area contributed by atoms with Crippen molar-refractivity contribution in [2.45, 2.75) is 24.9 Å². The molecule has 1 aromatic carbocycles. The van der Waals surface area contributed by atoms with Crippen LogP contribution in [0.25, 0.3) is 11.0 Å². The fraction of sp³-hybridized carbons (Fsp3) is 0.526. The number of hydrogen-bond acceptors (Lipinski definition) is 4. The molecule has 1 fully saturated rings. The van der Waals surface area contributed by atoms with Crippen LogP contribution in [-0.2, 0) is 0 Å². The van der Waals surface area contributed by atoms with Crippen molar-refractivity contribution in [3.05, 3.63) is 36.1 Å². The summed E-state index contributed by atoms with van der Waals surface area (Å²) >= 11 is 2.02. The number of likely N-dealkylation sites (N-methyl/N-ethyl adjacent to an activating group) is 1. The Kier molecular flexibility index (Phi) is 5.59. The van der Waals surface area contributed by atoms with Crippen molar-refractivity contribution in [3.8, 4) is 0 Å². The third kappa shape index (κ3) is 3.96. The zero-order valence-corrected chi connectivity index (χ0v) is 16.3. The summed E-state index contributed by atoms with van der Waals surface area (Å²) in [5.74, 6) is 4.11. The van der Waals surface area contributed by atoms with Gasteiger partial charge in [0.1, 0.15) is 11.3 Å². The fourth-order valence-corrected chi connectivity index (χ4v) is 4.73. The second-order valence-electron chi connectivity index (χ2n) is 6.90. The Morgan fingerprint density at radius 3 is 2.84 bits per heavy atom. The predicted octanol–water partition coefficient (Wildman–Crippen LogP) is 3.10. The number of nitrogens with one attached hydrogen (secondary N) is 2. The van der Waals surface area contributed by atoms with Crippen LogP contribution in [-0.4, -0.2) is 55.6 Å². The molecule has 25 heavy (non-hydrogen) atoms. The molecule has 6 heteroatoms. The number of furan rings is 1. The third-order valence-electron chi connectivity index (χ3n) is 5.06. The molecule has 2 aromatic rings. The number of para-hydroxylation sites is 1. The highest BCUT2D eigenvalue weighted by Gasteiger charge is 2.36. The minimum Gasteiger partial charge on any atom is -0.459 e. The Morgan fingerprint density at radius 1 is 1.40 bits per heavy atom. The lowest BCUT2D eigenvalue weighted by atomic mass is 9.97. The van der Waals surface area contributed by atoms with E-state index in [0.29, 0.717) is 0 Å². The summed E-state index contributed by atoms with van der Waals surface area (Å²) < 4.78 is 5.95. The van der Waals surface area contributed by atoms with Gasteiger partial charge in [0, 0.05) is 30.3 Å². The van der Waals surface area contributed by atoms with Gasteiger partial charge in [0.25, 0.3) is 0 Å². The zero-order valence-electron chi connectivity index (χ0n) is 15.5. The van der Waals surface area contributed by atoms with Gasteiger partial charge in [-0.1, -0.05) is 18.2 Å². The van der Waals surface area contributed by atoms with Crippen molar-refractivity contribution in [1.29, 1.82) is 0 Å². The molecule has 1 aliphatic rings. The number of hydrogen-bond donors (Lipinski definition) is 2. The monoisotopic (exact) mass is 360 g/mol. The first-order valence-electron chi connectivity index (χ1n) is 8.75. The number of rotatable bonds is 5. The Hall–Kier alpha value is -1.66. The van der Waals surface area contributed by atoms with Crippen LogP contribution in [0.3, 0.4) is 0 Å². The van der Waals surface area contributed by atoms with E-state index in [4.69, 9.17) is 4.42 Å². The van der Waals surface area contributed by atoms with Crippen LogP contribution < -0.4 is 10.6 Å². The molecule has 3 rings (SSSR count). The molecule has 1 aliphatic heterocycles. The summed E-state index contributed by atoms with van der Waals surface area (Å²) in [4.78, 5) is 6.73. The van der Waals surface area contributed by atoms with Crippen molar-refractivity contribution in [1.82, 2.24) is 15.5 Å². The normalized spacial score (nSPS) is 22.5. The maximum atomic E-state index is 5.95. The highest BCUT2D eigenvalue weighted by Crippen LogP contribution is 2.31. The van der Waals surface area contributed by atoms with Crippen LogP contribution in [0.5, 0.6) is 0 Å². The molecule has 2 unspecified atom stereocenters. The number of guanidine groups is 1. The summed E-state index contributed by atoms with van der Waals surface area (Å²) in [6.07, 6.45) is 1.20. The second kappa shape index (κ2) is 7.70. The first-order chi connectivity index (χ1) is 12.0. The molecule has 0 radical (unpaired) electrons. The number of thioether (sulfide) groups is 1. The summed E-state index contributed by atoms with van der Waals surface area (Å²) in [5.41, 5.74) is 1.12. The predicted molar refractivity (Wildman–Crippen MR) is 107 cm³/mol. The first-order valence-corrected chi connectivity index (χ1v) is 9.90. The van der Waals surface area contributed by atoms with Gasteiger partial charge in [0.05, 0.1) is 6.04 Å². The molecule has 1 saturated heterocycles. The topological polar surface area (TPSA) is 52.8 Å². The minimum atomic E-state index is 0.0480. The van der Waals surface area contributed by atoms with Crippen LogP contribution in [0.1, 0.15) is 25.1 Å². The van der Waals surface area contributed by atoms with Gasteiger partial charge in [0.15, 0.2) is 5.96 Å². The molecule has 0 bridgehead atoms. The smallest absolute Gasteiger partial charge is 0.191 e. The number of nitrogens with zero attached hydrogens (tertiary/aromatic N) is 2. The zero-order chi connectivity index (χ0) is 17.9. The van der Waals surface area contributed by atoms with Crippen molar-refractivity contribution < 1.29 is 4.42 Å². The number of fused-ring (bicyclic) bond motifs is 1. The molecule has 1 aromatic heterocycles. The quantitative estimate of drug-likeness (QED) is 0.634. The lowest BCUT2D eigenvalue weighted by molar-refractivity contribution is 0.183. The van der Waals surface area contributed by atoms with E-state index in [2.05, 4.69) is 53.7 Å². The Balaban J connectivity index is 1.63. The minimum absolute atomic E-state index is 0.0480. The molecular weight excluding hydrogens is 332 g/mol. The van der Waals surface area contributed by atoms with Gasteiger partial charge in [-0.25, -0.2) is 0 Å². The van der Waals surface area contributed by atoms with Gasteiger partial charge in [-0.15, -0.1) is 0 Å². The second-order valence-corrected chi connectivity index (χ2v) is 8.00. The van der Waals surface area contributed by atoms with E-state index in [1.807, 2.05) is 37.0 Å². The third-order valence-corrected chi connectivity index (χ3v) is 6.30. The van der Waals surface area contributed by atoms with Crippen LogP contribution >= 0.6 is 11.8 Å². The van der Waals surface area contributed by atoms with Gasteiger partial charge in [0.2, 0.25) is 0 Å². The van der Waals surface area contributed by atoms with E-state index in [1.54, 1.807) is 0 Å². The Morgan fingerprint density at radius 2 is 2.20 bits per heavy atom. The summed E-state index contributed by atoms with van der Waals surface area (Å²) in [6.45, 7) is 2.98. The largest absolute Gasteiger partial charge is 0.459 e. The summed E-state index contributed by atoms with van der Waals surface area (Å²) in [5, 5.41) is 8.08. The van der Waals surface area contributed by atoms with Crippen molar-refractivity contribution in [2.24, 2.45) is 4.99 Å². The van der Waals surface area contributed by atoms with Crippen LogP contribution in [0, 0.1) is 0 Å². The summed E-state index contributed by atoms with van der Waals surface area (Å²) in [7, 11) is 6.15. The van der Waals surface area contributed by atoms with Crippen LogP contribution in [0.2, 0.25) is 0 Å². The highest BCUT2D eigenvalue weighted by atomic mass is 32.2. The standard InChI is InChI=1S/C19H28N4OS/c1-14(17-11-15-7-5-6-8-16(15)24-17)22-18(20-2)21-12-19(23(3)4)9-10-25-13-19/h5-8,11,14H,9-10,12-13H2,1-4H3,(H2,20,21,22). The maximum absolute atomic E-state index is 5.95. The number of aliphatic imine (C=N–C) groups is 1. The average Bonchev–Trinajstić information content (AvgIpc) is 3.25. The van der Waals surface area contributed by atoms with E-state index < -0.39 is 0 Å². The van der Waals surface area contributed by atoms with Gasteiger partial charge in [-0.2, -0.15) is 11.8 Å². The molecule has 2 N–H and O–H groups in total. The molecule has 0 amide bonds. The molecule has 136 valence electrons. The fourth-order valence-electron chi connectivity index (χ4n) is 3.18. The molecule has 0 saturated carbocycles. The molecule has 2 atom stereocenters. The molecule has 5 nitrogen and oxygen atoms in total. The van der Waals surface area contributed by atoms with Gasteiger partial charge < -0.3 is 20.0 Å². The van der Waals surface area contributed by atoms with Crippen molar-refractivity contribution >= 4 is 28.7 Å². The molecular formula is C19H28N4OS. The van der Waals surface area contributed by atoms with Gasteiger partial charge in [-0.05, 0) is 45.3 Å². The highest BCUT2D eigenvalue weighted by molar-refractivity contribution is 7.99. The average molecular weight is 361 g/mol. The van der Waals surface area contributed by atoms with Gasteiger partial charge >= 0.3 is 0 Å². The Bertz CT molecular complexity index is 701. The molecule has 2 heterocycles. The lowest BCUT2D eigenvalue weighted by Crippen LogP contribution is -2.54. The van der Waals surface area contributed by atoms with E-state index in [1.165, 1.54) is 12.2 Å². The first kappa shape index (κ1) is 18.1. The van der Waals surface area contributed by atoms with E-state index >= 15 is 0 Å². The van der Waals surface area contributed by atoms with Crippen molar-refractivity contribution in [2.75, 3.05) is 39.2 Å². The van der Waals surface area contributed by atoms with E-state index in [0.717, 1.165) is 35.0 Å². The van der Waals surface area contributed by atoms with Crippen molar-refractivity contribution in [3.63, 3.8) is 0 Å². The number of benzene rings is 1. The van der Waals surface area contributed by atoms with Gasteiger partial charge in [-0.3, -0.25) is 4.99 Å². The SMILES string of the molecule is CN=C(NCC1(N(C)C)CCSC1)NC(C)c1cc2ccccc2o1.